The molecule has 2 N–H and O–H groups in total. The molecule has 1 atom stereocenters. The maximum absolute atomic E-state index is 5.87. The lowest BCUT2D eigenvalue weighted by atomic mass is 10.0. The van der Waals surface area contributed by atoms with Crippen LogP contribution in [0.5, 0.6) is 5.75 Å². The molecule has 0 bridgehead atoms. The number of nitrogens with two attached hydrogens (primary N) is 1. The Labute approximate surface area is 111 Å². The van der Waals surface area contributed by atoms with Crippen molar-refractivity contribution in [3.63, 3.8) is 0 Å². The van der Waals surface area contributed by atoms with E-state index >= 15 is 0 Å². The van der Waals surface area contributed by atoms with Gasteiger partial charge in [0.25, 0.3) is 0 Å². The van der Waals surface area contributed by atoms with Crippen molar-refractivity contribution in [3.05, 3.63) is 29.8 Å². The van der Waals surface area contributed by atoms with Crippen molar-refractivity contribution in [3.8, 4) is 5.75 Å². The third kappa shape index (κ3) is 4.31. The number of rotatable bonds is 7. The van der Waals surface area contributed by atoms with Crippen LogP contribution in [0, 0.1) is 5.92 Å². The van der Waals surface area contributed by atoms with E-state index in [1.54, 1.807) is 7.11 Å². The van der Waals surface area contributed by atoms with Gasteiger partial charge in [0.15, 0.2) is 0 Å². The van der Waals surface area contributed by atoms with Crippen LogP contribution in [0.1, 0.15) is 25.8 Å². The second kappa shape index (κ2) is 7.39. The molecule has 0 radical (unpaired) electrons. The molecule has 102 valence electrons. The first kappa shape index (κ1) is 15.0. The van der Waals surface area contributed by atoms with Gasteiger partial charge in [-0.3, -0.25) is 4.90 Å². The minimum absolute atomic E-state index is 0.426. The smallest absolute Gasteiger partial charge is 0.123 e. The lowest BCUT2D eigenvalue weighted by molar-refractivity contribution is 0.208. The molecule has 0 aliphatic rings. The number of hydrogen-bond donors (Lipinski definition) is 1. The SMILES string of the molecule is COc1ccccc1CN(C)C(CN)CC(C)C. The molecule has 0 aromatic heterocycles. The first-order valence-electron chi connectivity index (χ1n) is 6.60. The summed E-state index contributed by atoms with van der Waals surface area (Å²) in [5.41, 5.74) is 7.09. The minimum atomic E-state index is 0.426. The average Bonchev–Trinajstić information content (AvgIpc) is 2.36. The van der Waals surface area contributed by atoms with Crippen LogP contribution in [-0.2, 0) is 6.54 Å². The highest BCUT2D eigenvalue weighted by Gasteiger charge is 2.16. The van der Waals surface area contributed by atoms with Gasteiger partial charge in [-0.2, -0.15) is 0 Å². The molecule has 0 amide bonds. The van der Waals surface area contributed by atoms with Gasteiger partial charge in [0, 0.05) is 24.7 Å². The minimum Gasteiger partial charge on any atom is -0.496 e. The van der Waals surface area contributed by atoms with Gasteiger partial charge < -0.3 is 10.5 Å². The Morgan fingerprint density at radius 3 is 2.50 bits per heavy atom. The van der Waals surface area contributed by atoms with E-state index in [9.17, 15) is 0 Å². The van der Waals surface area contributed by atoms with Crippen LogP contribution in [0.4, 0.5) is 0 Å². The van der Waals surface area contributed by atoms with Crippen LogP contribution in [0.3, 0.4) is 0 Å². The molecule has 1 aromatic rings. The van der Waals surface area contributed by atoms with Crippen molar-refractivity contribution in [2.24, 2.45) is 11.7 Å². The van der Waals surface area contributed by atoms with Gasteiger partial charge in [-0.15, -0.1) is 0 Å². The van der Waals surface area contributed by atoms with E-state index in [0.29, 0.717) is 18.5 Å². The summed E-state index contributed by atoms with van der Waals surface area (Å²) in [4.78, 5) is 2.32. The highest BCUT2D eigenvalue weighted by Crippen LogP contribution is 2.20. The molecule has 1 aromatic carbocycles. The van der Waals surface area contributed by atoms with Crippen LogP contribution >= 0.6 is 0 Å². The summed E-state index contributed by atoms with van der Waals surface area (Å²) in [6, 6.07) is 8.58. The molecule has 0 spiro atoms. The predicted molar refractivity (Wildman–Crippen MR) is 76.8 cm³/mol. The molecule has 0 saturated carbocycles. The second-order valence-corrected chi connectivity index (χ2v) is 5.25. The zero-order chi connectivity index (χ0) is 13.5. The van der Waals surface area contributed by atoms with Crippen LogP contribution in [0.15, 0.2) is 24.3 Å². The quantitative estimate of drug-likeness (QED) is 0.808. The summed E-state index contributed by atoms with van der Waals surface area (Å²) < 4.78 is 5.38. The highest BCUT2D eigenvalue weighted by atomic mass is 16.5. The van der Waals surface area contributed by atoms with Gasteiger partial charge in [0.1, 0.15) is 5.75 Å². The number of methoxy groups -OCH3 is 1. The number of ether oxygens (including phenoxy) is 1. The van der Waals surface area contributed by atoms with Crippen molar-refractivity contribution >= 4 is 0 Å². The summed E-state index contributed by atoms with van der Waals surface area (Å²) in [6.07, 6.45) is 1.13. The van der Waals surface area contributed by atoms with Crippen LogP contribution in [0.2, 0.25) is 0 Å². The number of nitrogens with zero attached hydrogens (tertiary/aromatic N) is 1. The fourth-order valence-corrected chi connectivity index (χ4v) is 2.23. The van der Waals surface area contributed by atoms with Crippen molar-refractivity contribution in [2.45, 2.75) is 32.9 Å². The maximum Gasteiger partial charge on any atom is 0.123 e. The predicted octanol–water partition coefficient (Wildman–Crippen LogP) is 2.50. The van der Waals surface area contributed by atoms with Crippen LogP contribution in [0.25, 0.3) is 0 Å². The van der Waals surface area contributed by atoms with Crippen molar-refractivity contribution < 1.29 is 4.74 Å². The summed E-state index contributed by atoms with van der Waals surface area (Å²) in [5.74, 6) is 1.61. The Kier molecular flexibility index (Phi) is 6.16. The molecule has 0 fully saturated rings. The Hall–Kier alpha value is -1.06. The second-order valence-electron chi connectivity index (χ2n) is 5.25. The maximum atomic E-state index is 5.87. The van der Waals surface area contributed by atoms with Gasteiger partial charge in [-0.25, -0.2) is 0 Å². The van der Waals surface area contributed by atoms with Gasteiger partial charge in [0.05, 0.1) is 7.11 Å². The number of hydrogen-bond acceptors (Lipinski definition) is 3. The van der Waals surface area contributed by atoms with E-state index in [4.69, 9.17) is 10.5 Å². The molecular formula is C15H26N2O. The fourth-order valence-electron chi connectivity index (χ4n) is 2.23. The van der Waals surface area contributed by atoms with Gasteiger partial charge >= 0.3 is 0 Å². The molecular weight excluding hydrogens is 224 g/mol. The summed E-state index contributed by atoms with van der Waals surface area (Å²) >= 11 is 0. The molecule has 1 rings (SSSR count). The third-order valence-corrected chi connectivity index (χ3v) is 3.25. The lowest BCUT2D eigenvalue weighted by Gasteiger charge is -2.28. The standard InChI is InChI=1S/C15H26N2O/c1-12(2)9-14(10-16)17(3)11-13-7-5-6-8-15(13)18-4/h5-8,12,14H,9-11,16H2,1-4H3. The van der Waals surface area contributed by atoms with E-state index in [2.05, 4.69) is 31.9 Å². The van der Waals surface area contributed by atoms with Crippen molar-refractivity contribution in [1.82, 2.24) is 4.90 Å². The summed E-state index contributed by atoms with van der Waals surface area (Å²) in [6.45, 7) is 6.04. The molecule has 0 heterocycles. The first-order chi connectivity index (χ1) is 8.58. The van der Waals surface area contributed by atoms with Crippen molar-refractivity contribution in [1.29, 1.82) is 0 Å². The summed E-state index contributed by atoms with van der Waals surface area (Å²) in [5, 5.41) is 0. The van der Waals surface area contributed by atoms with E-state index < -0.39 is 0 Å². The Morgan fingerprint density at radius 2 is 1.94 bits per heavy atom. The monoisotopic (exact) mass is 250 g/mol. The third-order valence-electron chi connectivity index (χ3n) is 3.25. The number of para-hydroxylation sites is 1. The van der Waals surface area contributed by atoms with Crippen molar-refractivity contribution in [2.75, 3.05) is 20.7 Å². The highest BCUT2D eigenvalue weighted by molar-refractivity contribution is 5.33. The fraction of sp³-hybridized carbons (Fsp3) is 0.600. The molecule has 0 aliphatic heterocycles. The van der Waals surface area contributed by atoms with E-state index in [1.807, 2.05) is 18.2 Å². The van der Waals surface area contributed by atoms with Gasteiger partial charge in [0.2, 0.25) is 0 Å². The largest absolute Gasteiger partial charge is 0.496 e. The Balaban J connectivity index is 2.70. The zero-order valence-corrected chi connectivity index (χ0v) is 12.0. The van der Waals surface area contributed by atoms with E-state index in [0.717, 1.165) is 18.7 Å². The topological polar surface area (TPSA) is 38.5 Å². The zero-order valence-electron chi connectivity index (χ0n) is 12.0. The Morgan fingerprint density at radius 1 is 1.28 bits per heavy atom. The van der Waals surface area contributed by atoms with Gasteiger partial charge in [-0.05, 0) is 25.5 Å². The molecule has 18 heavy (non-hydrogen) atoms. The lowest BCUT2D eigenvalue weighted by Crippen LogP contribution is -2.38. The van der Waals surface area contributed by atoms with Crippen LogP contribution < -0.4 is 10.5 Å². The summed E-state index contributed by atoms with van der Waals surface area (Å²) in [7, 11) is 3.85. The number of benzene rings is 1. The van der Waals surface area contributed by atoms with Crippen LogP contribution in [-0.4, -0.2) is 31.6 Å². The molecule has 3 nitrogen and oxygen atoms in total. The number of likely N-dealkylation sites (N-methyl/N-ethyl adjacent to an activating group) is 1. The normalized spacial score (nSPS) is 13.1. The Bertz CT molecular complexity index is 352. The van der Waals surface area contributed by atoms with E-state index in [1.165, 1.54) is 5.56 Å². The molecule has 1 unspecified atom stereocenters. The average molecular weight is 250 g/mol. The van der Waals surface area contributed by atoms with E-state index in [-0.39, 0.29) is 0 Å². The first-order valence-corrected chi connectivity index (χ1v) is 6.60. The molecule has 3 heteroatoms. The molecule has 0 aliphatic carbocycles. The molecule has 0 saturated heterocycles. The van der Waals surface area contributed by atoms with Gasteiger partial charge in [-0.1, -0.05) is 32.0 Å².